The van der Waals surface area contributed by atoms with Gasteiger partial charge in [-0.3, -0.25) is 10.1 Å². The first-order chi connectivity index (χ1) is 11.1. The Bertz CT molecular complexity index is 900. The summed E-state index contributed by atoms with van der Waals surface area (Å²) in [4.78, 5) is 14.9. The minimum absolute atomic E-state index is 0.153. The van der Waals surface area contributed by atoms with Crippen LogP contribution in [0.3, 0.4) is 0 Å². The summed E-state index contributed by atoms with van der Waals surface area (Å²) in [6.45, 7) is 0. The number of carboxylic acid groups (broad SMARTS) is 1. The Balaban J connectivity index is 1.93. The molecule has 4 rings (SSSR count). The molecule has 4 N–H and O–H groups in total. The summed E-state index contributed by atoms with van der Waals surface area (Å²) in [5.74, 6) is -0.734. The van der Waals surface area contributed by atoms with Crippen LogP contribution in [0, 0.1) is 0 Å². The minimum atomic E-state index is -0.888. The van der Waals surface area contributed by atoms with Crippen LogP contribution in [0.15, 0.2) is 48.5 Å². The Labute approximate surface area is 132 Å². The number of nitrogens with one attached hydrogen (secondary N) is 2. The third-order valence-corrected chi connectivity index (χ3v) is 4.46. The first kappa shape index (κ1) is 13.8. The Kier molecular flexibility index (Phi) is 3.09. The molecule has 0 saturated heterocycles. The number of phenolic OH excluding ortho intramolecular Hbond substituents is 1. The Morgan fingerprint density at radius 3 is 2.61 bits per heavy atom. The highest BCUT2D eigenvalue weighted by Gasteiger charge is 2.34. The third kappa shape index (κ3) is 2.17. The number of hydrogen-bond donors (Lipinski definition) is 4. The fourth-order valence-corrected chi connectivity index (χ4v) is 3.37. The van der Waals surface area contributed by atoms with Crippen molar-refractivity contribution >= 4 is 16.9 Å². The monoisotopic (exact) mass is 308 g/mol. The molecule has 0 bridgehead atoms. The highest BCUT2D eigenvalue weighted by Crippen LogP contribution is 2.37. The zero-order chi connectivity index (χ0) is 16.0. The number of phenols is 1. The van der Waals surface area contributed by atoms with Gasteiger partial charge in [0, 0.05) is 28.6 Å². The second-order valence-corrected chi connectivity index (χ2v) is 5.82. The molecule has 1 aromatic heterocycles. The Hall–Kier alpha value is -2.79. The van der Waals surface area contributed by atoms with Gasteiger partial charge in [-0.2, -0.15) is 0 Å². The van der Waals surface area contributed by atoms with Crippen LogP contribution < -0.4 is 5.32 Å². The molecule has 23 heavy (non-hydrogen) atoms. The number of para-hydroxylation sites is 2. The van der Waals surface area contributed by atoms with E-state index in [1.54, 1.807) is 12.1 Å². The predicted molar refractivity (Wildman–Crippen MR) is 86.5 cm³/mol. The fourth-order valence-electron chi connectivity index (χ4n) is 3.37. The maximum atomic E-state index is 11.5. The molecule has 2 atom stereocenters. The lowest BCUT2D eigenvalue weighted by Gasteiger charge is -2.29. The summed E-state index contributed by atoms with van der Waals surface area (Å²) in [6.07, 6.45) is 0.415. The van der Waals surface area contributed by atoms with E-state index < -0.39 is 12.0 Å². The molecule has 3 aromatic rings. The summed E-state index contributed by atoms with van der Waals surface area (Å²) >= 11 is 0. The van der Waals surface area contributed by atoms with Gasteiger partial charge < -0.3 is 15.2 Å². The van der Waals surface area contributed by atoms with E-state index in [4.69, 9.17) is 0 Å². The molecule has 2 heterocycles. The first-order valence-electron chi connectivity index (χ1n) is 7.51. The van der Waals surface area contributed by atoms with Gasteiger partial charge in [0.1, 0.15) is 11.8 Å². The predicted octanol–water partition coefficient (Wildman–Crippen LogP) is 2.56. The largest absolute Gasteiger partial charge is 0.508 e. The van der Waals surface area contributed by atoms with Crippen molar-refractivity contribution in [2.24, 2.45) is 0 Å². The summed E-state index contributed by atoms with van der Waals surface area (Å²) in [6, 6.07) is 13.8. The quantitative estimate of drug-likeness (QED) is 0.586. The smallest absolute Gasteiger partial charge is 0.321 e. The van der Waals surface area contributed by atoms with Gasteiger partial charge in [-0.05, 0) is 17.7 Å². The van der Waals surface area contributed by atoms with Crippen molar-refractivity contribution in [1.82, 2.24) is 10.3 Å². The van der Waals surface area contributed by atoms with Crippen LogP contribution in [0.25, 0.3) is 10.9 Å². The molecule has 5 heteroatoms. The van der Waals surface area contributed by atoms with Crippen LogP contribution in [0.4, 0.5) is 0 Å². The molecular formula is C18H16N2O3. The number of aromatic amines is 1. The van der Waals surface area contributed by atoms with Crippen molar-refractivity contribution in [2.75, 3.05) is 0 Å². The van der Waals surface area contributed by atoms with Crippen LogP contribution in [-0.2, 0) is 11.2 Å². The van der Waals surface area contributed by atoms with Crippen LogP contribution in [0.5, 0.6) is 5.75 Å². The van der Waals surface area contributed by atoms with Crippen molar-refractivity contribution in [3.63, 3.8) is 0 Å². The molecule has 1 aliphatic rings. The van der Waals surface area contributed by atoms with Crippen molar-refractivity contribution in [3.8, 4) is 5.75 Å². The summed E-state index contributed by atoms with van der Waals surface area (Å²) in [7, 11) is 0. The van der Waals surface area contributed by atoms with Gasteiger partial charge in [-0.15, -0.1) is 0 Å². The van der Waals surface area contributed by atoms with Gasteiger partial charge in [0.2, 0.25) is 0 Å². The first-order valence-corrected chi connectivity index (χ1v) is 7.51. The number of H-pyrrole nitrogens is 1. The molecule has 0 saturated carbocycles. The lowest BCUT2D eigenvalue weighted by molar-refractivity contribution is -0.139. The molecule has 2 aromatic carbocycles. The number of aliphatic carboxylic acids is 1. The molecule has 0 amide bonds. The normalized spacial score (nSPS) is 20.3. The maximum Gasteiger partial charge on any atom is 0.321 e. The number of aromatic nitrogens is 1. The topological polar surface area (TPSA) is 85.3 Å². The Morgan fingerprint density at radius 2 is 1.83 bits per heavy atom. The number of hydrogen-bond acceptors (Lipinski definition) is 3. The van der Waals surface area contributed by atoms with Crippen molar-refractivity contribution < 1.29 is 15.0 Å². The SMILES string of the molecule is O=C(O)[C@H]1Cc2c([nH]c3ccccc23)[C@@H](c2ccccc2O)N1. The van der Waals surface area contributed by atoms with E-state index in [0.29, 0.717) is 12.0 Å². The molecule has 0 fully saturated rings. The standard InChI is InChI=1S/C18H16N2O3/c21-15-8-4-2-6-11(15)16-17-12(9-14(20-16)18(22)23)10-5-1-3-7-13(10)19-17/h1-8,14,16,19-21H,9H2,(H,22,23)/t14-,16-/m1/s1. The van der Waals surface area contributed by atoms with Gasteiger partial charge in [0.25, 0.3) is 0 Å². The van der Waals surface area contributed by atoms with Crippen LogP contribution in [-0.4, -0.2) is 27.2 Å². The molecule has 116 valence electrons. The van der Waals surface area contributed by atoms with Crippen LogP contribution in [0.1, 0.15) is 22.9 Å². The fraction of sp³-hybridized carbons (Fsp3) is 0.167. The number of benzene rings is 2. The van der Waals surface area contributed by atoms with E-state index in [1.807, 2.05) is 36.4 Å². The van der Waals surface area contributed by atoms with Crippen LogP contribution >= 0.6 is 0 Å². The lowest BCUT2D eigenvalue weighted by atomic mass is 9.90. The zero-order valence-electron chi connectivity index (χ0n) is 12.3. The van der Waals surface area contributed by atoms with Gasteiger partial charge in [-0.25, -0.2) is 0 Å². The van der Waals surface area contributed by atoms with E-state index in [9.17, 15) is 15.0 Å². The number of fused-ring (bicyclic) bond motifs is 3. The molecule has 1 aliphatic heterocycles. The number of aromatic hydroxyl groups is 1. The molecule has 0 unspecified atom stereocenters. The van der Waals surface area contributed by atoms with Crippen molar-refractivity contribution in [1.29, 1.82) is 0 Å². The van der Waals surface area contributed by atoms with Crippen molar-refractivity contribution in [3.05, 3.63) is 65.4 Å². The molecule has 0 aliphatic carbocycles. The van der Waals surface area contributed by atoms with E-state index in [0.717, 1.165) is 22.2 Å². The number of carboxylic acids is 1. The summed E-state index contributed by atoms with van der Waals surface area (Å²) in [5, 5.41) is 23.8. The molecule has 5 nitrogen and oxygen atoms in total. The molecular weight excluding hydrogens is 292 g/mol. The number of rotatable bonds is 2. The Morgan fingerprint density at radius 1 is 1.09 bits per heavy atom. The third-order valence-electron chi connectivity index (χ3n) is 4.46. The lowest BCUT2D eigenvalue weighted by Crippen LogP contribution is -2.44. The number of carbonyl (C=O) groups is 1. The average Bonchev–Trinajstić information content (AvgIpc) is 2.93. The van der Waals surface area contributed by atoms with E-state index in [-0.39, 0.29) is 11.8 Å². The van der Waals surface area contributed by atoms with E-state index >= 15 is 0 Å². The van der Waals surface area contributed by atoms with Crippen LogP contribution in [0.2, 0.25) is 0 Å². The second-order valence-electron chi connectivity index (χ2n) is 5.82. The van der Waals surface area contributed by atoms with Gasteiger partial charge in [0.05, 0.1) is 6.04 Å². The molecule has 0 spiro atoms. The highest BCUT2D eigenvalue weighted by molar-refractivity contribution is 5.87. The second kappa shape index (κ2) is 5.14. The highest BCUT2D eigenvalue weighted by atomic mass is 16.4. The minimum Gasteiger partial charge on any atom is -0.508 e. The van der Waals surface area contributed by atoms with Crippen molar-refractivity contribution in [2.45, 2.75) is 18.5 Å². The average molecular weight is 308 g/mol. The van der Waals surface area contributed by atoms with Gasteiger partial charge >= 0.3 is 5.97 Å². The van der Waals surface area contributed by atoms with Gasteiger partial charge in [-0.1, -0.05) is 36.4 Å². The van der Waals surface area contributed by atoms with E-state index in [2.05, 4.69) is 10.3 Å². The summed E-state index contributed by atoms with van der Waals surface area (Å²) in [5.41, 5.74) is 3.57. The summed E-state index contributed by atoms with van der Waals surface area (Å²) < 4.78 is 0. The molecule has 0 radical (unpaired) electrons. The maximum absolute atomic E-state index is 11.5. The zero-order valence-corrected chi connectivity index (χ0v) is 12.3. The van der Waals surface area contributed by atoms with Gasteiger partial charge in [0.15, 0.2) is 0 Å². The van der Waals surface area contributed by atoms with E-state index in [1.165, 1.54) is 0 Å².